The molecule has 2 heterocycles. The van der Waals surface area contributed by atoms with Gasteiger partial charge < -0.3 is 20.9 Å². The zero-order valence-electron chi connectivity index (χ0n) is 16.8. The van der Waals surface area contributed by atoms with E-state index in [-0.39, 0.29) is 29.6 Å². The molecule has 1 spiro atoms. The molecule has 2 aliphatic rings. The average Bonchev–Trinajstić information content (AvgIpc) is 2.73. The smallest absolute Gasteiger partial charge is 0.317 e. The number of fused-ring (bicyclic) bond motifs is 1. The number of Topliss-reactive ketones (excluding diaryl/α,β-unsaturated/α-hetero) is 1. The van der Waals surface area contributed by atoms with Crippen LogP contribution in [0.1, 0.15) is 35.2 Å². The van der Waals surface area contributed by atoms with E-state index in [1.807, 2.05) is 7.05 Å². The summed E-state index contributed by atoms with van der Waals surface area (Å²) in [6.07, 6.45) is 1.59. The van der Waals surface area contributed by atoms with E-state index in [1.54, 1.807) is 17.0 Å². The second-order valence-electron chi connectivity index (χ2n) is 8.05. The van der Waals surface area contributed by atoms with Crippen molar-refractivity contribution in [2.75, 3.05) is 30.8 Å². The van der Waals surface area contributed by atoms with Gasteiger partial charge in [-0.25, -0.2) is 13.6 Å². The number of ketones is 1. The molecule has 2 amide bonds. The van der Waals surface area contributed by atoms with Crippen LogP contribution in [0.5, 0.6) is 0 Å². The van der Waals surface area contributed by atoms with Crippen LogP contribution in [-0.2, 0) is 6.54 Å². The van der Waals surface area contributed by atoms with Gasteiger partial charge in [-0.1, -0.05) is 6.07 Å². The van der Waals surface area contributed by atoms with Gasteiger partial charge in [-0.05, 0) is 48.7 Å². The van der Waals surface area contributed by atoms with Crippen molar-refractivity contribution in [3.05, 3.63) is 59.2 Å². The van der Waals surface area contributed by atoms with Gasteiger partial charge in [0.1, 0.15) is 11.6 Å². The van der Waals surface area contributed by atoms with Crippen molar-refractivity contribution in [1.82, 2.24) is 10.2 Å². The summed E-state index contributed by atoms with van der Waals surface area (Å²) in [6, 6.07) is 8.47. The van der Waals surface area contributed by atoms with Crippen molar-refractivity contribution in [3.8, 4) is 0 Å². The predicted molar refractivity (Wildman–Crippen MR) is 110 cm³/mol. The molecule has 0 radical (unpaired) electrons. The summed E-state index contributed by atoms with van der Waals surface area (Å²) in [5.41, 5.74) is 7.11. The SMILES string of the molecule is CN1c2ccc(F)cc2C(=O)CC12CCN(C(=O)NCc1ccc(F)c(N)c1)CC2. The van der Waals surface area contributed by atoms with Crippen LogP contribution in [0.25, 0.3) is 0 Å². The lowest BCUT2D eigenvalue weighted by atomic mass is 9.77. The lowest BCUT2D eigenvalue weighted by molar-refractivity contribution is 0.0890. The van der Waals surface area contributed by atoms with Crippen molar-refractivity contribution < 1.29 is 18.4 Å². The number of nitrogens with zero attached hydrogens (tertiary/aromatic N) is 2. The number of likely N-dealkylation sites (tertiary alicyclic amines) is 1. The minimum Gasteiger partial charge on any atom is -0.396 e. The van der Waals surface area contributed by atoms with Crippen molar-refractivity contribution in [1.29, 1.82) is 0 Å². The maximum Gasteiger partial charge on any atom is 0.317 e. The van der Waals surface area contributed by atoms with Crippen LogP contribution in [-0.4, -0.2) is 42.4 Å². The fourth-order valence-electron chi connectivity index (χ4n) is 4.42. The Morgan fingerprint density at radius 2 is 1.90 bits per heavy atom. The largest absolute Gasteiger partial charge is 0.396 e. The Balaban J connectivity index is 1.39. The molecule has 0 atom stereocenters. The molecule has 0 aliphatic carbocycles. The van der Waals surface area contributed by atoms with E-state index in [1.165, 1.54) is 24.3 Å². The van der Waals surface area contributed by atoms with E-state index >= 15 is 0 Å². The maximum atomic E-state index is 13.6. The Labute approximate surface area is 173 Å². The molecule has 2 aromatic rings. The number of piperidine rings is 1. The third-order valence-corrected chi connectivity index (χ3v) is 6.31. The Kier molecular flexibility index (Phi) is 5.09. The van der Waals surface area contributed by atoms with Gasteiger partial charge >= 0.3 is 6.03 Å². The van der Waals surface area contributed by atoms with Crippen molar-refractivity contribution in [2.45, 2.75) is 31.3 Å². The lowest BCUT2D eigenvalue weighted by Gasteiger charge is -2.50. The van der Waals surface area contributed by atoms with E-state index in [0.717, 1.165) is 11.3 Å². The molecule has 6 nitrogen and oxygen atoms in total. The number of hydrogen-bond acceptors (Lipinski definition) is 4. The molecule has 0 saturated carbocycles. The molecule has 0 aromatic heterocycles. The number of amides is 2. The van der Waals surface area contributed by atoms with Gasteiger partial charge in [0.15, 0.2) is 5.78 Å². The molecular formula is C22H24F2N4O2. The molecule has 3 N–H and O–H groups in total. The number of rotatable bonds is 2. The first-order valence-electron chi connectivity index (χ1n) is 9.92. The minimum atomic E-state index is -0.484. The van der Waals surface area contributed by atoms with Crippen molar-refractivity contribution >= 4 is 23.2 Å². The molecule has 4 rings (SSSR count). The molecule has 2 aliphatic heterocycles. The second kappa shape index (κ2) is 7.59. The number of benzene rings is 2. The van der Waals surface area contributed by atoms with Crippen LogP contribution < -0.4 is 16.0 Å². The zero-order chi connectivity index (χ0) is 21.5. The highest BCUT2D eigenvalue weighted by Crippen LogP contribution is 2.41. The van der Waals surface area contributed by atoms with Gasteiger partial charge in [-0.15, -0.1) is 0 Å². The molecule has 1 saturated heterocycles. The first-order valence-corrected chi connectivity index (χ1v) is 9.92. The standard InChI is InChI=1S/C22H24F2N4O2/c1-27-19-5-3-15(23)11-16(19)20(29)12-22(27)6-8-28(9-7-22)21(30)26-13-14-2-4-17(24)18(25)10-14/h2-5,10-11H,6-9,12-13,25H2,1H3,(H,26,30). The van der Waals surface area contributed by atoms with Gasteiger partial charge in [0.05, 0.1) is 11.2 Å². The average molecular weight is 414 g/mol. The quantitative estimate of drug-likeness (QED) is 0.739. The number of nitrogens with two attached hydrogens (primary N) is 1. The van der Waals surface area contributed by atoms with Gasteiger partial charge in [0.2, 0.25) is 0 Å². The summed E-state index contributed by atoms with van der Waals surface area (Å²) in [4.78, 5) is 29.0. The van der Waals surface area contributed by atoms with Crippen LogP contribution in [0.15, 0.2) is 36.4 Å². The first kappa shape index (κ1) is 20.1. The molecule has 0 unspecified atom stereocenters. The van der Waals surface area contributed by atoms with Crippen molar-refractivity contribution in [3.63, 3.8) is 0 Å². The number of nitrogens with one attached hydrogen (secondary N) is 1. The maximum absolute atomic E-state index is 13.6. The summed E-state index contributed by atoms with van der Waals surface area (Å²) < 4.78 is 26.8. The monoisotopic (exact) mass is 414 g/mol. The highest BCUT2D eigenvalue weighted by molar-refractivity contribution is 6.04. The summed E-state index contributed by atoms with van der Waals surface area (Å²) >= 11 is 0. The van der Waals surface area contributed by atoms with E-state index in [0.29, 0.717) is 37.9 Å². The van der Waals surface area contributed by atoms with Crippen LogP contribution in [0, 0.1) is 11.6 Å². The van der Waals surface area contributed by atoms with Crippen LogP contribution in [0.2, 0.25) is 0 Å². The number of nitrogen functional groups attached to an aromatic ring is 1. The van der Waals surface area contributed by atoms with Gasteiger partial charge in [-0.2, -0.15) is 0 Å². The summed E-state index contributed by atoms with van der Waals surface area (Å²) in [6.45, 7) is 1.26. The molecule has 2 aromatic carbocycles. The third kappa shape index (κ3) is 3.58. The number of carbonyl (C=O) groups excluding carboxylic acids is 2. The molecule has 1 fully saturated rings. The summed E-state index contributed by atoms with van der Waals surface area (Å²) in [5.74, 6) is -0.961. The first-order chi connectivity index (χ1) is 14.3. The van der Waals surface area contributed by atoms with E-state index in [2.05, 4.69) is 10.2 Å². The number of carbonyl (C=O) groups is 2. The van der Waals surface area contributed by atoms with Crippen molar-refractivity contribution in [2.24, 2.45) is 0 Å². The Morgan fingerprint density at radius 1 is 1.17 bits per heavy atom. The summed E-state index contributed by atoms with van der Waals surface area (Å²) in [5, 5.41) is 2.84. The molecule has 30 heavy (non-hydrogen) atoms. The normalized spacial score (nSPS) is 17.8. The topological polar surface area (TPSA) is 78.7 Å². The van der Waals surface area contributed by atoms with E-state index in [4.69, 9.17) is 5.73 Å². The molecule has 0 bridgehead atoms. The number of anilines is 2. The fourth-order valence-corrected chi connectivity index (χ4v) is 4.42. The number of hydrogen-bond donors (Lipinski definition) is 2. The van der Waals surface area contributed by atoms with E-state index < -0.39 is 11.6 Å². The number of urea groups is 1. The third-order valence-electron chi connectivity index (χ3n) is 6.31. The second-order valence-corrected chi connectivity index (χ2v) is 8.05. The molecule has 158 valence electrons. The van der Waals surface area contributed by atoms with Crippen LogP contribution >= 0.6 is 0 Å². The zero-order valence-corrected chi connectivity index (χ0v) is 16.8. The Hall–Kier alpha value is -3.16. The van der Waals surface area contributed by atoms with Crippen LogP contribution in [0.4, 0.5) is 25.0 Å². The highest BCUT2D eigenvalue weighted by atomic mass is 19.1. The number of halogens is 2. The Bertz CT molecular complexity index is 1000. The fraction of sp³-hybridized carbons (Fsp3) is 0.364. The highest BCUT2D eigenvalue weighted by Gasteiger charge is 2.45. The summed E-state index contributed by atoms with van der Waals surface area (Å²) in [7, 11) is 1.93. The minimum absolute atomic E-state index is 0.0480. The van der Waals surface area contributed by atoms with E-state index in [9.17, 15) is 18.4 Å². The lowest BCUT2D eigenvalue weighted by Crippen LogP contribution is -2.59. The Morgan fingerprint density at radius 3 is 2.60 bits per heavy atom. The van der Waals surface area contributed by atoms with Gasteiger partial charge in [0, 0.05) is 44.4 Å². The van der Waals surface area contributed by atoms with Crippen LogP contribution in [0.3, 0.4) is 0 Å². The molecular weight excluding hydrogens is 390 g/mol. The molecule has 8 heteroatoms. The van der Waals surface area contributed by atoms with Gasteiger partial charge in [-0.3, -0.25) is 4.79 Å². The predicted octanol–water partition coefficient (Wildman–Crippen LogP) is 3.31. The van der Waals surface area contributed by atoms with Gasteiger partial charge in [0.25, 0.3) is 0 Å².